The maximum atomic E-state index is 5.96. The van der Waals surface area contributed by atoms with E-state index in [1.54, 1.807) is 0 Å². The highest BCUT2D eigenvalue weighted by Gasteiger charge is 2.09. The van der Waals surface area contributed by atoms with E-state index in [0.29, 0.717) is 12.2 Å². The van der Waals surface area contributed by atoms with Crippen molar-refractivity contribution in [3.05, 3.63) is 58.3 Å². The first-order valence-corrected chi connectivity index (χ1v) is 6.37. The summed E-state index contributed by atoms with van der Waals surface area (Å²) in [5.41, 5.74) is 7.90. The summed E-state index contributed by atoms with van der Waals surface area (Å²) < 4.78 is 2.94. The van der Waals surface area contributed by atoms with Crippen molar-refractivity contribution < 1.29 is 0 Å². The molecule has 90 valence electrons. The van der Waals surface area contributed by atoms with E-state index in [0.717, 1.165) is 21.5 Å². The monoisotopic (exact) mass is 302 g/mol. The van der Waals surface area contributed by atoms with E-state index in [-0.39, 0.29) is 0 Å². The van der Waals surface area contributed by atoms with Crippen molar-refractivity contribution in [2.24, 2.45) is 0 Å². The fourth-order valence-electron chi connectivity index (χ4n) is 1.95. The molecule has 0 saturated heterocycles. The molecule has 0 unspecified atom stereocenters. The number of halogens is 1. The molecule has 3 aromatic rings. The van der Waals surface area contributed by atoms with Gasteiger partial charge in [-0.1, -0.05) is 40.2 Å². The summed E-state index contributed by atoms with van der Waals surface area (Å²) in [6, 6.07) is 13.7. The zero-order valence-corrected chi connectivity index (χ0v) is 11.1. The molecular weight excluding hydrogens is 292 g/mol. The van der Waals surface area contributed by atoms with E-state index in [1.165, 1.54) is 0 Å². The average molecular weight is 303 g/mol. The fourth-order valence-corrected chi connectivity index (χ4v) is 2.38. The van der Waals surface area contributed by atoms with Gasteiger partial charge in [0.2, 0.25) is 0 Å². The summed E-state index contributed by atoms with van der Waals surface area (Å²) >= 11 is 3.54. The van der Waals surface area contributed by atoms with E-state index in [9.17, 15) is 0 Å². The summed E-state index contributed by atoms with van der Waals surface area (Å²) in [6.07, 6.45) is 0.691. The highest BCUT2D eigenvalue weighted by molar-refractivity contribution is 9.10. The van der Waals surface area contributed by atoms with Gasteiger partial charge in [0.1, 0.15) is 11.6 Å². The van der Waals surface area contributed by atoms with E-state index in [2.05, 4.69) is 32.2 Å². The number of hydrogen-bond donors (Lipinski definition) is 1. The minimum atomic E-state index is 0.652. The second kappa shape index (κ2) is 4.42. The van der Waals surface area contributed by atoms with Crippen LogP contribution in [0.4, 0.5) is 5.82 Å². The van der Waals surface area contributed by atoms with Crippen LogP contribution in [0.3, 0.4) is 0 Å². The standard InChI is InChI=1S/C13H11BrN4/c14-10-5-2-1-4-9(10)8-13-17-16-12-7-3-6-11(15)18(12)13/h1-7H,8,15H2. The Hall–Kier alpha value is -1.88. The molecule has 5 heteroatoms. The third kappa shape index (κ3) is 1.86. The van der Waals surface area contributed by atoms with Crippen molar-refractivity contribution in [2.75, 3.05) is 5.73 Å². The number of nitrogens with two attached hydrogens (primary N) is 1. The first-order valence-electron chi connectivity index (χ1n) is 5.57. The first kappa shape index (κ1) is 11.2. The number of rotatable bonds is 2. The number of nitrogen functional groups attached to an aromatic ring is 1. The summed E-state index contributed by atoms with van der Waals surface area (Å²) in [6.45, 7) is 0. The van der Waals surface area contributed by atoms with Gasteiger partial charge in [-0.15, -0.1) is 10.2 Å². The largest absolute Gasteiger partial charge is 0.385 e. The van der Waals surface area contributed by atoms with E-state index in [1.807, 2.05) is 40.8 Å². The van der Waals surface area contributed by atoms with Gasteiger partial charge < -0.3 is 5.73 Å². The molecule has 0 atom stereocenters. The molecule has 0 aliphatic rings. The van der Waals surface area contributed by atoms with Crippen LogP contribution >= 0.6 is 15.9 Å². The van der Waals surface area contributed by atoms with Crippen LogP contribution in [-0.2, 0) is 6.42 Å². The second-order valence-corrected chi connectivity index (χ2v) is 4.88. The molecule has 0 amide bonds. The van der Waals surface area contributed by atoms with Crippen LogP contribution in [0, 0.1) is 0 Å². The third-order valence-electron chi connectivity index (χ3n) is 2.83. The lowest BCUT2D eigenvalue weighted by molar-refractivity contribution is 0.936. The smallest absolute Gasteiger partial charge is 0.162 e. The molecule has 18 heavy (non-hydrogen) atoms. The van der Waals surface area contributed by atoms with Gasteiger partial charge in [-0.05, 0) is 23.8 Å². The number of hydrogen-bond acceptors (Lipinski definition) is 3. The summed E-state index contributed by atoms with van der Waals surface area (Å²) in [5.74, 6) is 1.49. The lowest BCUT2D eigenvalue weighted by Gasteiger charge is -2.05. The van der Waals surface area contributed by atoms with Gasteiger partial charge in [-0.3, -0.25) is 4.40 Å². The number of benzene rings is 1. The minimum absolute atomic E-state index is 0.652. The molecule has 2 aromatic heterocycles. The predicted octanol–water partition coefficient (Wildman–Crippen LogP) is 2.66. The Bertz CT molecular complexity index is 705. The van der Waals surface area contributed by atoms with Gasteiger partial charge >= 0.3 is 0 Å². The number of fused-ring (bicyclic) bond motifs is 1. The van der Waals surface area contributed by atoms with Crippen LogP contribution in [0.25, 0.3) is 5.65 Å². The number of aromatic nitrogens is 3. The highest BCUT2D eigenvalue weighted by atomic mass is 79.9. The lowest BCUT2D eigenvalue weighted by atomic mass is 10.1. The van der Waals surface area contributed by atoms with Crippen molar-refractivity contribution in [3.8, 4) is 0 Å². The van der Waals surface area contributed by atoms with Crippen molar-refractivity contribution >= 4 is 27.4 Å². The molecule has 0 aliphatic carbocycles. The Kier molecular flexibility index (Phi) is 2.76. The van der Waals surface area contributed by atoms with Crippen LogP contribution in [0.1, 0.15) is 11.4 Å². The zero-order chi connectivity index (χ0) is 12.5. The van der Waals surface area contributed by atoms with Gasteiger partial charge in [-0.25, -0.2) is 0 Å². The van der Waals surface area contributed by atoms with Crippen LogP contribution in [-0.4, -0.2) is 14.6 Å². The first-order chi connectivity index (χ1) is 8.75. The van der Waals surface area contributed by atoms with Crippen LogP contribution in [0.2, 0.25) is 0 Å². The number of pyridine rings is 1. The molecule has 2 N–H and O–H groups in total. The zero-order valence-electron chi connectivity index (χ0n) is 9.55. The molecule has 0 bridgehead atoms. The Morgan fingerprint density at radius 3 is 2.72 bits per heavy atom. The Morgan fingerprint density at radius 1 is 1.06 bits per heavy atom. The molecule has 1 aromatic carbocycles. The Labute approximate surface area is 113 Å². The van der Waals surface area contributed by atoms with Crippen LogP contribution in [0.5, 0.6) is 0 Å². The molecule has 4 nitrogen and oxygen atoms in total. The number of nitrogens with zero attached hydrogens (tertiary/aromatic N) is 3. The fraction of sp³-hybridized carbons (Fsp3) is 0.0769. The maximum absolute atomic E-state index is 5.96. The molecular formula is C13H11BrN4. The predicted molar refractivity (Wildman–Crippen MR) is 74.3 cm³/mol. The Morgan fingerprint density at radius 2 is 1.89 bits per heavy atom. The van der Waals surface area contributed by atoms with Gasteiger partial charge in [0.15, 0.2) is 5.65 Å². The topological polar surface area (TPSA) is 56.2 Å². The molecule has 3 rings (SSSR count). The summed E-state index contributed by atoms with van der Waals surface area (Å²) in [5, 5.41) is 8.33. The van der Waals surface area contributed by atoms with Crippen molar-refractivity contribution in [2.45, 2.75) is 6.42 Å². The Balaban J connectivity index is 2.09. The van der Waals surface area contributed by atoms with Crippen molar-refractivity contribution in [3.63, 3.8) is 0 Å². The summed E-state index contributed by atoms with van der Waals surface area (Å²) in [7, 11) is 0. The summed E-state index contributed by atoms with van der Waals surface area (Å²) in [4.78, 5) is 0. The van der Waals surface area contributed by atoms with Gasteiger partial charge in [-0.2, -0.15) is 0 Å². The molecule has 0 spiro atoms. The third-order valence-corrected chi connectivity index (χ3v) is 3.61. The molecule has 2 heterocycles. The molecule has 0 fully saturated rings. The molecule has 0 saturated carbocycles. The van der Waals surface area contributed by atoms with Gasteiger partial charge in [0, 0.05) is 10.9 Å². The van der Waals surface area contributed by atoms with E-state index in [4.69, 9.17) is 5.73 Å². The van der Waals surface area contributed by atoms with Crippen LogP contribution < -0.4 is 5.73 Å². The maximum Gasteiger partial charge on any atom is 0.162 e. The van der Waals surface area contributed by atoms with Crippen molar-refractivity contribution in [1.29, 1.82) is 0 Å². The van der Waals surface area contributed by atoms with Crippen molar-refractivity contribution in [1.82, 2.24) is 14.6 Å². The van der Waals surface area contributed by atoms with Gasteiger partial charge in [0.25, 0.3) is 0 Å². The normalized spacial score (nSPS) is 10.9. The minimum Gasteiger partial charge on any atom is -0.385 e. The van der Waals surface area contributed by atoms with E-state index < -0.39 is 0 Å². The highest BCUT2D eigenvalue weighted by Crippen LogP contribution is 2.20. The second-order valence-electron chi connectivity index (χ2n) is 4.03. The van der Waals surface area contributed by atoms with E-state index >= 15 is 0 Å². The quantitative estimate of drug-likeness (QED) is 0.792. The molecule has 0 radical (unpaired) electrons. The van der Waals surface area contributed by atoms with Gasteiger partial charge in [0.05, 0.1) is 0 Å². The lowest BCUT2D eigenvalue weighted by Crippen LogP contribution is -2.02. The SMILES string of the molecule is Nc1cccc2nnc(Cc3ccccc3Br)n12. The average Bonchev–Trinajstić information content (AvgIpc) is 2.77. The van der Waals surface area contributed by atoms with Crippen LogP contribution in [0.15, 0.2) is 46.9 Å². The number of anilines is 1. The molecule has 0 aliphatic heterocycles.